The van der Waals surface area contributed by atoms with Crippen LogP contribution in [-0.2, 0) is 5.54 Å². The Bertz CT molecular complexity index is 748. The van der Waals surface area contributed by atoms with Gasteiger partial charge in [-0.05, 0) is 39.8 Å². The fourth-order valence-electron chi connectivity index (χ4n) is 2.10. The summed E-state index contributed by atoms with van der Waals surface area (Å²) >= 11 is 0. The molecule has 0 fully saturated rings. The smallest absolute Gasteiger partial charge is 0.158 e. The molecule has 2 aromatic heterocycles. The monoisotopic (exact) mass is 298 g/mol. The number of hydrogen-bond acceptors (Lipinski definition) is 4. The first-order chi connectivity index (χ1) is 10.4. The van der Waals surface area contributed by atoms with Crippen LogP contribution >= 0.6 is 0 Å². The highest BCUT2D eigenvalue weighted by Gasteiger charge is 2.22. The molecule has 5 nitrogen and oxygen atoms in total. The van der Waals surface area contributed by atoms with Crippen LogP contribution in [0.4, 0.5) is 5.82 Å². The number of hydrogen-bond donors (Lipinski definition) is 1. The zero-order valence-corrected chi connectivity index (χ0v) is 13.5. The largest absolute Gasteiger partial charge is 0.455 e. The third-order valence-electron chi connectivity index (χ3n) is 3.18. The third-order valence-corrected chi connectivity index (χ3v) is 3.18. The molecule has 5 heteroatoms. The average Bonchev–Trinajstić information content (AvgIpc) is 2.83. The van der Waals surface area contributed by atoms with Gasteiger partial charge in [-0.2, -0.15) is 0 Å². The van der Waals surface area contributed by atoms with Crippen LogP contribution in [0.2, 0.25) is 0 Å². The standard InChI is InChI=1S/C17H22N4O/c1-6-8-9-12(7-2)22-13-10-21(17(3,4)5)16-14(13)15(18)19-11-20-16/h6-11H,2H2,1,3-5H3,(H2,18,19,20)/b8-6-,12-9+. The van der Waals surface area contributed by atoms with E-state index in [1.54, 1.807) is 6.08 Å². The molecule has 0 spiro atoms. The number of ether oxygens (including phenoxy) is 1. The highest BCUT2D eigenvalue weighted by Crippen LogP contribution is 2.35. The molecule has 2 aromatic rings. The SMILES string of the molecule is C=C/C(=C\C=C/C)Oc1cn(C(C)(C)C)c2ncnc(N)c12. The molecule has 0 aliphatic rings. The van der Waals surface area contributed by atoms with Gasteiger partial charge in [0.15, 0.2) is 5.75 Å². The van der Waals surface area contributed by atoms with E-state index in [1.807, 2.05) is 35.9 Å². The fraction of sp³-hybridized carbons (Fsp3) is 0.294. The van der Waals surface area contributed by atoms with Gasteiger partial charge in [-0.1, -0.05) is 18.7 Å². The maximum atomic E-state index is 6.03. The van der Waals surface area contributed by atoms with Gasteiger partial charge in [0.2, 0.25) is 0 Å². The maximum absolute atomic E-state index is 6.03. The Morgan fingerprint density at radius 3 is 2.68 bits per heavy atom. The van der Waals surface area contributed by atoms with Gasteiger partial charge in [0.1, 0.15) is 28.9 Å². The van der Waals surface area contributed by atoms with Crippen molar-refractivity contribution < 1.29 is 4.74 Å². The fourth-order valence-corrected chi connectivity index (χ4v) is 2.10. The number of nitrogen functional groups attached to an aromatic ring is 1. The Hall–Kier alpha value is -2.56. The first-order valence-corrected chi connectivity index (χ1v) is 7.13. The van der Waals surface area contributed by atoms with Gasteiger partial charge in [0, 0.05) is 11.7 Å². The highest BCUT2D eigenvalue weighted by molar-refractivity contribution is 5.92. The highest BCUT2D eigenvalue weighted by atomic mass is 16.5. The summed E-state index contributed by atoms with van der Waals surface area (Å²) in [5.74, 6) is 1.66. The Morgan fingerprint density at radius 2 is 2.09 bits per heavy atom. The molecule has 0 bridgehead atoms. The van der Waals surface area contributed by atoms with Crippen molar-refractivity contribution in [1.82, 2.24) is 14.5 Å². The van der Waals surface area contributed by atoms with Crippen LogP contribution in [-0.4, -0.2) is 14.5 Å². The molecular formula is C17H22N4O. The van der Waals surface area contributed by atoms with Crippen LogP contribution in [0.1, 0.15) is 27.7 Å². The van der Waals surface area contributed by atoms with Crippen molar-refractivity contribution in [3.63, 3.8) is 0 Å². The summed E-state index contributed by atoms with van der Waals surface area (Å²) < 4.78 is 7.98. The molecule has 116 valence electrons. The van der Waals surface area contributed by atoms with Crippen LogP contribution in [0.5, 0.6) is 5.75 Å². The molecule has 0 unspecified atom stereocenters. The summed E-state index contributed by atoms with van der Waals surface area (Å²) in [5, 5.41) is 0.714. The summed E-state index contributed by atoms with van der Waals surface area (Å²) in [6.45, 7) is 12.0. The first-order valence-electron chi connectivity index (χ1n) is 7.13. The van der Waals surface area contributed by atoms with Crippen LogP contribution < -0.4 is 10.5 Å². The van der Waals surface area contributed by atoms with Crippen molar-refractivity contribution in [2.75, 3.05) is 5.73 Å². The van der Waals surface area contributed by atoms with E-state index in [2.05, 4.69) is 37.3 Å². The minimum Gasteiger partial charge on any atom is -0.455 e. The van der Waals surface area contributed by atoms with Crippen molar-refractivity contribution in [3.8, 4) is 5.75 Å². The quantitative estimate of drug-likeness (QED) is 0.689. The number of nitrogens with zero attached hydrogens (tertiary/aromatic N) is 3. The van der Waals surface area contributed by atoms with Crippen molar-refractivity contribution in [3.05, 3.63) is 49.2 Å². The maximum Gasteiger partial charge on any atom is 0.158 e. The topological polar surface area (TPSA) is 66.0 Å². The van der Waals surface area contributed by atoms with Gasteiger partial charge in [0.05, 0.1) is 0 Å². The van der Waals surface area contributed by atoms with Gasteiger partial charge in [-0.15, -0.1) is 0 Å². The molecule has 2 rings (SSSR count). The second kappa shape index (κ2) is 6.05. The summed E-state index contributed by atoms with van der Waals surface area (Å²) in [7, 11) is 0. The molecule has 22 heavy (non-hydrogen) atoms. The van der Waals surface area contributed by atoms with Gasteiger partial charge < -0.3 is 15.0 Å². The lowest BCUT2D eigenvalue weighted by molar-refractivity contribution is 0.397. The first kappa shape index (κ1) is 15.8. The van der Waals surface area contributed by atoms with E-state index >= 15 is 0 Å². The van der Waals surface area contributed by atoms with Crippen molar-refractivity contribution in [2.24, 2.45) is 0 Å². The molecule has 0 saturated heterocycles. The molecule has 0 saturated carbocycles. The predicted molar refractivity (Wildman–Crippen MR) is 90.7 cm³/mol. The lowest BCUT2D eigenvalue weighted by Crippen LogP contribution is -2.21. The minimum atomic E-state index is -0.151. The second-order valence-corrected chi connectivity index (χ2v) is 5.89. The number of rotatable bonds is 4. The molecule has 2 N–H and O–H groups in total. The van der Waals surface area contributed by atoms with Crippen LogP contribution in [0, 0.1) is 0 Å². The zero-order valence-electron chi connectivity index (χ0n) is 13.5. The molecule has 0 aromatic carbocycles. The number of fused-ring (bicyclic) bond motifs is 1. The molecule has 2 heterocycles. The molecule has 0 aliphatic carbocycles. The van der Waals surface area contributed by atoms with Crippen molar-refractivity contribution in [1.29, 1.82) is 0 Å². The van der Waals surface area contributed by atoms with E-state index in [0.29, 0.717) is 22.7 Å². The lowest BCUT2D eigenvalue weighted by atomic mass is 10.1. The Labute approximate surface area is 130 Å². The second-order valence-electron chi connectivity index (χ2n) is 5.89. The normalized spacial score (nSPS) is 13.0. The summed E-state index contributed by atoms with van der Waals surface area (Å²) in [4.78, 5) is 8.43. The van der Waals surface area contributed by atoms with Gasteiger partial charge in [-0.3, -0.25) is 0 Å². The molecule has 0 radical (unpaired) electrons. The Morgan fingerprint density at radius 1 is 1.36 bits per heavy atom. The van der Waals surface area contributed by atoms with Crippen LogP contribution in [0.15, 0.2) is 49.2 Å². The van der Waals surface area contributed by atoms with E-state index in [-0.39, 0.29) is 5.54 Å². The molecule has 0 atom stereocenters. The van der Waals surface area contributed by atoms with E-state index in [0.717, 1.165) is 5.65 Å². The molecule has 0 amide bonds. The van der Waals surface area contributed by atoms with Crippen LogP contribution in [0.25, 0.3) is 11.0 Å². The zero-order chi connectivity index (χ0) is 16.3. The van der Waals surface area contributed by atoms with E-state index in [1.165, 1.54) is 6.33 Å². The third kappa shape index (κ3) is 3.03. The van der Waals surface area contributed by atoms with E-state index in [9.17, 15) is 0 Å². The van der Waals surface area contributed by atoms with Crippen molar-refractivity contribution >= 4 is 16.9 Å². The summed E-state index contributed by atoms with van der Waals surface area (Å²) in [6.07, 6.45) is 10.7. The van der Waals surface area contributed by atoms with E-state index in [4.69, 9.17) is 10.5 Å². The minimum absolute atomic E-state index is 0.151. The molecular weight excluding hydrogens is 276 g/mol. The number of allylic oxidation sites excluding steroid dienone is 4. The number of nitrogens with two attached hydrogens (primary N) is 1. The Balaban J connectivity index is 2.61. The summed E-state index contributed by atoms with van der Waals surface area (Å²) in [5.41, 5.74) is 6.63. The van der Waals surface area contributed by atoms with Crippen LogP contribution in [0.3, 0.4) is 0 Å². The number of aromatic nitrogens is 3. The number of anilines is 1. The summed E-state index contributed by atoms with van der Waals surface area (Å²) in [6, 6.07) is 0. The lowest BCUT2D eigenvalue weighted by Gasteiger charge is -2.21. The Kier molecular flexibility index (Phi) is 4.35. The van der Waals surface area contributed by atoms with Gasteiger partial charge in [-0.25, -0.2) is 9.97 Å². The molecule has 0 aliphatic heterocycles. The predicted octanol–water partition coefficient (Wildman–Crippen LogP) is 3.79. The van der Waals surface area contributed by atoms with Gasteiger partial charge >= 0.3 is 0 Å². The van der Waals surface area contributed by atoms with Crippen molar-refractivity contribution in [2.45, 2.75) is 33.2 Å². The average molecular weight is 298 g/mol. The van der Waals surface area contributed by atoms with E-state index < -0.39 is 0 Å². The van der Waals surface area contributed by atoms with Gasteiger partial charge in [0.25, 0.3) is 0 Å².